The molecule has 0 aliphatic carbocycles. The van der Waals surface area contributed by atoms with Crippen LogP contribution in [0.4, 0.5) is 0 Å². The lowest BCUT2D eigenvalue weighted by Crippen LogP contribution is -2.46. The number of carbonyl (C=O) groups is 1. The van der Waals surface area contributed by atoms with Crippen LogP contribution in [0.1, 0.15) is 61.1 Å². The minimum atomic E-state index is -0.486. The highest BCUT2D eigenvalue weighted by molar-refractivity contribution is 5.94. The fraction of sp³-hybridized carbons (Fsp3) is 0.435. The zero-order valence-corrected chi connectivity index (χ0v) is 18.8. The van der Waals surface area contributed by atoms with Crippen LogP contribution >= 0.6 is 0 Å². The SMILES string of the molecule is CCCCc1nc2c(c(C)c(C)n3nnnc23)n1CC(C)(C)NC(=O)c1ccccc1. The van der Waals surface area contributed by atoms with E-state index in [1.165, 1.54) is 0 Å². The fourth-order valence-electron chi connectivity index (χ4n) is 4.03. The summed E-state index contributed by atoms with van der Waals surface area (Å²) in [6.07, 6.45) is 2.98. The zero-order valence-electron chi connectivity index (χ0n) is 18.8. The van der Waals surface area contributed by atoms with E-state index in [-0.39, 0.29) is 5.91 Å². The number of hydrogen-bond donors (Lipinski definition) is 1. The summed E-state index contributed by atoms with van der Waals surface area (Å²) in [6, 6.07) is 9.31. The smallest absolute Gasteiger partial charge is 0.251 e. The molecule has 4 aromatic rings. The first kappa shape index (κ1) is 21.0. The van der Waals surface area contributed by atoms with E-state index in [4.69, 9.17) is 4.98 Å². The lowest BCUT2D eigenvalue weighted by atomic mass is 10.0. The average molecular weight is 420 g/mol. The first-order chi connectivity index (χ1) is 14.8. The van der Waals surface area contributed by atoms with Gasteiger partial charge in [0.15, 0.2) is 0 Å². The zero-order chi connectivity index (χ0) is 22.2. The summed E-state index contributed by atoms with van der Waals surface area (Å²) >= 11 is 0. The Balaban J connectivity index is 1.77. The van der Waals surface area contributed by atoms with Gasteiger partial charge >= 0.3 is 0 Å². The van der Waals surface area contributed by atoms with Crippen molar-refractivity contribution >= 4 is 22.6 Å². The molecule has 8 nitrogen and oxygen atoms in total. The highest BCUT2D eigenvalue weighted by Gasteiger charge is 2.27. The third-order valence-corrected chi connectivity index (χ3v) is 5.74. The maximum atomic E-state index is 12.8. The summed E-state index contributed by atoms with van der Waals surface area (Å²) in [6.45, 7) is 11.0. The van der Waals surface area contributed by atoms with Crippen molar-refractivity contribution < 1.29 is 4.79 Å². The van der Waals surface area contributed by atoms with Crippen LogP contribution in [0.25, 0.3) is 16.7 Å². The molecule has 0 aliphatic rings. The average Bonchev–Trinajstić information content (AvgIpc) is 3.36. The Morgan fingerprint density at radius 1 is 1.16 bits per heavy atom. The van der Waals surface area contributed by atoms with Gasteiger partial charge in [-0.2, -0.15) is 4.52 Å². The number of pyridine rings is 1. The Morgan fingerprint density at radius 3 is 2.61 bits per heavy atom. The summed E-state index contributed by atoms with van der Waals surface area (Å²) in [7, 11) is 0. The highest BCUT2D eigenvalue weighted by Crippen LogP contribution is 2.28. The van der Waals surface area contributed by atoms with Gasteiger partial charge in [0.05, 0.1) is 11.1 Å². The minimum absolute atomic E-state index is 0.0814. The van der Waals surface area contributed by atoms with Crippen molar-refractivity contribution in [3.8, 4) is 0 Å². The molecular formula is C23H29N7O. The second-order valence-corrected chi connectivity index (χ2v) is 8.74. The van der Waals surface area contributed by atoms with Crippen molar-refractivity contribution in [3.05, 3.63) is 53.0 Å². The molecule has 0 saturated heterocycles. The van der Waals surface area contributed by atoms with E-state index >= 15 is 0 Å². The number of nitrogens with one attached hydrogen (secondary N) is 1. The van der Waals surface area contributed by atoms with Crippen LogP contribution in [0, 0.1) is 13.8 Å². The number of fused-ring (bicyclic) bond motifs is 3. The van der Waals surface area contributed by atoms with Gasteiger partial charge in [-0.05, 0) is 62.2 Å². The molecule has 1 N–H and O–H groups in total. The Morgan fingerprint density at radius 2 is 1.90 bits per heavy atom. The Hall–Kier alpha value is -3.29. The van der Waals surface area contributed by atoms with E-state index in [0.717, 1.165) is 47.4 Å². The van der Waals surface area contributed by atoms with Crippen LogP contribution < -0.4 is 5.32 Å². The molecule has 0 spiro atoms. The van der Waals surface area contributed by atoms with Gasteiger partial charge in [-0.25, -0.2) is 4.98 Å². The number of aryl methyl sites for hydroxylation is 3. The lowest BCUT2D eigenvalue weighted by Gasteiger charge is -2.28. The van der Waals surface area contributed by atoms with E-state index in [1.807, 2.05) is 51.1 Å². The summed E-state index contributed by atoms with van der Waals surface area (Å²) in [5, 5.41) is 15.4. The van der Waals surface area contributed by atoms with Crippen molar-refractivity contribution in [2.24, 2.45) is 0 Å². The van der Waals surface area contributed by atoms with Crippen molar-refractivity contribution in [2.45, 2.75) is 66.0 Å². The number of rotatable bonds is 7. The Labute approximate surface area is 181 Å². The van der Waals surface area contributed by atoms with Crippen LogP contribution in [0.5, 0.6) is 0 Å². The molecule has 3 heterocycles. The molecule has 1 aromatic carbocycles. The number of benzene rings is 1. The van der Waals surface area contributed by atoms with E-state index < -0.39 is 5.54 Å². The second kappa shape index (κ2) is 8.09. The molecule has 0 unspecified atom stereocenters. The molecule has 1 amide bonds. The summed E-state index contributed by atoms with van der Waals surface area (Å²) in [5.41, 5.74) is 4.76. The molecule has 0 aliphatic heterocycles. The first-order valence-electron chi connectivity index (χ1n) is 10.8. The van der Waals surface area contributed by atoms with Crippen molar-refractivity contribution in [1.29, 1.82) is 0 Å². The van der Waals surface area contributed by atoms with Gasteiger partial charge < -0.3 is 9.88 Å². The quantitative estimate of drug-likeness (QED) is 0.494. The standard InChI is InChI=1S/C23H29N7O/c1-6-7-13-18-24-19-20(15(2)16(3)30-21(19)26-27-28-30)29(18)14-23(4,5)25-22(31)17-11-9-8-10-12-17/h8-12H,6-7,13-14H2,1-5H3,(H,25,31). The van der Waals surface area contributed by atoms with Gasteiger partial charge in [0.25, 0.3) is 5.91 Å². The summed E-state index contributed by atoms with van der Waals surface area (Å²) < 4.78 is 3.99. The Bertz CT molecular complexity index is 1240. The van der Waals surface area contributed by atoms with Crippen LogP contribution in [0.15, 0.2) is 30.3 Å². The maximum absolute atomic E-state index is 12.8. The van der Waals surface area contributed by atoms with Crippen LogP contribution in [0.2, 0.25) is 0 Å². The number of imidazole rings is 1. The number of unbranched alkanes of at least 4 members (excludes halogenated alkanes) is 1. The number of amides is 1. The molecule has 4 rings (SSSR count). The summed E-state index contributed by atoms with van der Waals surface area (Å²) in [4.78, 5) is 17.8. The lowest BCUT2D eigenvalue weighted by molar-refractivity contribution is 0.0905. The molecule has 162 valence electrons. The number of carbonyl (C=O) groups excluding carboxylic acids is 1. The third-order valence-electron chi connectivity index (χ3n) is 5.74. The topological polar surface area (TPSA) is 90.0 Å². The first-order valence-corrected chi connectivity index (χ1v) is 10.8. The fourth-order valence-corrected chi connectivity index (χ4v) is 4.03. The number of aromatic nitrogens is 6. The van der Waals surface area contributed by atoms with Gasteiger partial charge in [0.2, 0.25) is 5.65 Å². The van der Waals surface area contributed by atoms with E-state index in [2.05, 4.69) is 39.3 Å². The van der Waals surface area contributed by atoms with Crippen molar-refractivity contribution in [2.75, 3.05) is 0 Å². The number of nitrogens with zero attached hydrogens (tertiary/aromatic N) is 6. The summed E-state index contributed by atoms with van der Waals surface area (Å²) in [5.74, 6) is 0.916. The van der Waals surface area contributed by atoms with Crippen LogP contribution in [-0.4, -0.2) is 41.0 Å². The van der Waals surface area contributed by atoms with Crippen molar-refractivity contribution in [1.82, 2.24) is 34.9 Å². The Kier molecular flexibility index (Phi) is 5.47. The largest absolute Gasteiger partial charge is 0.345 e. The van der Waals surface area contributed by atoms with Gasteiger partial charge in [-0.1, -0.05) is 31.5 Å². The van der Waals surface area contributed by atoms with Gasteiger partial charge in [-0.3, -0.25) is 4.79 Å². The molecule has 3 aromatic heterocycles. The normalized spacial score (nSPS) is 12.0. The number of tetrazole rings is 1. The third kappa shape index (κ3) is 3.89. The van der Waals surface area contributed by atoms with E-state index in [1.54, 1.807) is 4.52 Å². The van der Waals surface area contributed by atoms with Gasteiger partial charge in [0.1, 0.15) is 11.3 Å². The maximum Gasteiger partial charge on any atom is 0.251 e. The monoisotopic (exact) mass is 419 g/mol. The molecule has 0 fully saturated rings. The molecule has 8 heteroatoms. The van der Waals surface area contributed by atoms with Gasteiger partial charge in [-0.15, -0.1) is 5.10 Å². The molecule has 31 heavy (non-hydrogen) atoms. The number of hydrogen-bond acceptors (Lipinski definition) is 5. The molecule has 0 radical (unpaired) electrons. The molecule has 0 atom stereocenters. The van der Waals surface area contributed by atoms with Crippen LogP contribution in [0.3, 0.4) is 0 Å². The minimum Gasteiger partial charge on any atom is -0.345 e. The second-order valence-electron chi connectivity index (χ2n) is 8.74. The van der Waals surface area contributed by atoms with E-state index in [0.29, 0.717) is 17.8 Å². The highest BCUT2D eigenvalue weighted by atomic mass is 16.1. The van der Waals surface area contributed by atoms with Gasteiger partial charge in [0, 0.05) is 24.2 Å². The molecule has 0 saturated carbocycles. The predicted molar refractivity (Wildman–Crippen MR) is 120 cm³/mol. The predicted octanol–water partition coefficient (Wildman–Crippen LogP) is 3.64. The molecule has 0 bridgehead atoms. The van der Waals surface area contributed by atoms with Crippen molar-refractivity contribution in [3.63, 3.8) is 0 Å². The van der Waals surface area contributed by atoms with Crippen LogP contribution in [-0.2, 0) is 13.0 Å². The molecular weight excluding hydrogens is 390 g/mol. The van der Waals surface area contributed by atoms with E-state index in [9.17, 15) is 4.79 Å².